The van der Waals surface area contributed by atoms with Crippen molar-refractivity contribution in [3.63, 3.8) is 0 Å². The van der Waals surface area contributed by atoms with Crippen LogP contribution in [0.25, 0.3) is 0 Å². The number of nitrogens with one attached hydrogen (secondary N) is 1. The molecule has 112 valence electrons. The molecular weight excluding hydrogens is 265 g/mol. The first-order chi connectivity index (χ1) is 10.1. The molecule has 2 aromatic carbocycles. The molecule has 0 saturated carbocycles. The van der Waals surface area contributed by atoms with Gasteiger partial charge in [0.05, 0.1) is 12.6 Å². The van der Waals surface area contributed by atoms with Crippen LogP contribution in [0.15, 0.2) is 36.4 Å². The van der Waals surface area contributed by atoms with Gasteiger partial charge in [-0.1, -0.05) is 35.9 Å². The number of hydrogen-bond donors (Lipinski definition) is 1. The lowest BCUT2D eigenvalue weighted by Gasteiger charge is -2.22. The largest absolute Gasteiger partial charge is 0.494 e. The van der Waals surface area contributed by atoms with Crippen LogP contribution in [0.1, 0.15) is 35.2 Å². The summed E-state index contributed by atoms with van der Waals surface area (Å²) >= 11 is 0. The zero-order chi connectivity index (χ0) is 15.4. The van der Waals surface area contributed by atoms with E-state index in [4.69, 9.17) is 4.74 Å². The summed E-state index contributed by atoms with van der Waals surface area (Å²) in [6, 6.07) is 11.3. The van der Waals surface area contributed by atoms with Gasteiger partial charge in [0.1, 0.15) is 11.6 Å². The van der Waals surface area contributed by atoms with Gasteiger partial charge in [0.2, 0.25) is 0 Å². The van der Waals surface area contributed by atoms with Gasteiger partial charge in [0.15, 0.2) is 0 Å². The van der Waals surface area contributed by atoms with Crippen molar-refractivity contribution >= 4 is 0 Å². The molecule has 0 radical (unpaired) electrons. The standard InChI is InChI=1S/C18H22FNO/c1-5-21-16-10-9-12(2)11-15(16)18(20-4)14-8-6-7-13(3)17(14)19/h6-11,18,20H,5H2,1-4H3. The van der Waals surface area contributed by atoms with Gasteiger partial charge in [-0.05, 0) is 39.4 Å². The van der Waals surface area contributed by atoms with Crippen molar-refractivity contribution in [3.8, 4) is 5.75 Å². The maximum atomic E-state index is 14.5. The first-order valence-corrected chi connectivity index (χ1v) is 7.24. The first-order valence-electron chi connectivity index (χ1n) is 7.24. The van der Waals surface area contributed by atoms with Gasteiger partial charge < -0.3 is 10.1 Å². The van der Waals surface area contributed by atoms with E-state index < -0.39 is 0 Å². The Morgan fingerprint density at radius 1 is 1.14 bits per heavy atom. The van der Waals surface area contributed by atoms with Crippen molar-refractivity contribution < 1.29 is 9.13 Å². The number of hydrogen-bond acceptors (Lipinski definition) is 2. The zero-order valence-electron chi connectivity index (χ0n) is 13.0. The lowest BCUT2D eigenvalue weighted by Crippen LogP contribution is -2.20. The van der Waals surface area contributed by atoms with Crippen molar-refractivity contribution in [2.75, 3.05) is 13.7 Å². The number of halogens is 1. The molecule has 0 aliphatic carbocycles. The molecule has 0 aromatic heterocycles. The average molecular weight is 287 g/mol. The molecule has 1 unspecified atom stereocenters. The number of aryl methyl sites for hydroxylation is 2. The minimum Gasteiger partial charge on any atom is -0.494 e. The van der Waals surface area contributed by atoms with E-state index in [2.05, 4.69) is 5.32 Å². The topological polar surface area (TPSA) is 21.3 Å². The highest BCUT2D eigenvalue weighted by molar-refractivity contribution is 5.45. The number of benzene rings is 2. The van der Waals surface area contributed by atoms with Crippen molar-refractivity contribution in [3.05, 3.63) is 64.5 Å². The summed E-state index contributed by atoms with van der Waals surface area (Å²) in [5.74, 6) is 0.629. The lowest BCUT2D eigenvalue weighted by atomic mass is 9.95. The fourth-order valence-electron chi connectivity index (χ4n) is 2.55. The number of rotatable bonds is 5. The highest BCUT2D eigenvalue weighted by Gasteiger charge is 2.20. The summed E-state index contributed by atoms with van der Waals surface area (Å²) in [4.78, 5) is 0. The average Bonchev–Trinajstić information content (AvgIpc) is 2.47. The predicted molar refractivity (Wildman–Crippen MR) is 84.4 cm³/mol. The van der Waals surface area contributed by atoms with E-state index in [1.54, 1.807) is 13.0 Å². The predicted octanol–water partition coefficient (Wildman–Crippen LogP) is 4.15. The minimum absolute atomic E-state index is 0.166. The van der Waals surface area contributed by atoms with Crippen LogP contribution in [0, 0.1) is 19.7 Å². The molecule has 1 atom stereocenters. The van der Waals surface area contributed by atoms with E-state index >= 15 is 0 Å². The monoisotopic (exact) mass is 287 g/mol. The molecule has 1 N–H and O–H groups in total. The normalized spacial score (nSPS) is 12.2. The molecule has 2 rings (SSSR count). The van der Waals surface area contributed by atoms with Crippen LogP contribution in [0.4, 0.5) is 4.39 Å². The Labute approximate surface area is 126 Å². The molecule has 0 aliphatic heterocycles. The lowest BCUT2D eigenvalue weighted by molar-refractivity contribution is 0.333. The van der Waals surface area contributed by atoms with Crippen LogP contribution in [0.5, 0.6) is 5.75 Å². The summed E-state index contributed by atoms with van der Waals surface area (Å²) in [6.07, 6.45) is 0. The van der Waals surface area contributed by atoms with E-state index in [1.165, 1.54) is 0 Å². The summed E-state index contributed by atoms with van der Waals surface area (Å²) in [5.41, 5.74) is 3.38. The van der Waals surface area contributed by atoms with Crippen LogP contribution in [0.2, 0.25) is 0 Å². The summed E-state index contributed by atoms with van der Waals surface area (Å²) < 4.78 is 20.2. The van der Waals surface area contributed by atoms with Crippen LogP contribution in [-0.4, -0.2) is 13.7 Å². The highest BCUT2D eigenvalue weighted by Crippen LogP contribution is 2.32. The van der Waals surface area contributed by atoms with E-state index in [-0.39, 0.29) is 11.9 Å². The van der Waals surface area contributed by atoms with Gasteiger partial charge in [-0.2, -0.15) is 0 Å². The molecule has 0 bridgehead atoms. The number of ether oxygens (including phenoxy) is 1. The molecule has 0 fully saturated rings. The summed E-state index contributed by atoms with van der Waals surface area (Å²) in [5, 5.41) is 3.21. The Bertz CT molecular complexity index is 625. The minimum atomic E-state index is -0.230. The van der Waals surface area contributed by atoms with Gasteiger partial charge in [-0.3, -0.25) is 0 Å². The van der Waals surface area contributed by atoms with E-state index in [1.807, 2.05) is 51.2 Å². The van der Waals surface area contributed by atoms with Crippen LogP contribution in [-0.2, 0) is 0 Å². The van der Waals surface area contributed by atoms with Gasteiger partial charge in [-0.15, -0.1) is 0 Å². The molecule has 0 aliphatic rings. The molecule has 21 heavy (non-hydrogen) atoms. The third kappa shape index (κ3) is 3.24. The Morgan fingerprint density at radius 3 is 2.57 bits per heavy atom. The van der Waals surface area contributed by atoms with Gasteiger partial charge in [0.25, 0.3) is 0 Å². The van der Waals surface area contributed by atoms with Crippen LogP contribution < -0.4 is 10.1 Å². The molecule has 0 saturated heterocycles. The molecule has 3 heteroatoms. The second kappa shape index (κ2) is 6.72. The quantitative estimate of drug-likeness (QED) is 0.892. The summed E-state index contributed by atoms with van der Waals surface area (Å²) in [6.45, 7) is 6.35. The smallest absolute Gasteiger partial charge is 0.131 e. The van der Waals surface area contributed by atoms with Crippen LogP contribution in [0.3, 0.4) is 0 Å². The SMILES string of the molecule is CCOc1ccc(C)cc1C(NC)c1cccc(C)c1F. The second-order valence-corrected chi connectivity index (χ2v) is 5.17. The Hall–Kier alpha value is -1.87. The zero-order valence-corrected chi connectivity index (χ0v) is 13.0. The Balaban J connectivity index is 2.55. The third-order valence-corrected chi connectivity index (χ3v) is 3.60. The first kappa shape index (κ1) is 15.5. The van der Waals surface area contributed by atoms with Gasteiger partial charge in [-0.25, -0.2) is 4.39 Å². The van der Waals surface area contributed by atoms with Crippen molar-refractivity contribution in [2.45, 2.75) is 26.8 Å². The van der Waals surface area contributed by atoms with Gasteiger partial charge >= 0.3 is 0 Å². The van der Waals surface area contributed by atoms with E-state index in [0.717, 1.165) is 16.9 Å². The molecular formula is C18H22FNO. The highest BCUT2D eigenvalue weighted by atomic mass is 19.1. The third-order valence-electron chi connectivity index (χ3n) is 3.60. The molecule has 0 amide bonds. The van der Waals surface area contributed by atoms with E-state index in [9.17, 15) is 4.39 Å². The van der Waals surface area contributed by atoms with Crippen molar-refractivity contribution in [2.24, 2.45) is 0 Å². The molecule has 2 nitrogen and oxygen atoms in total. The van der Waals surface area contributed by atoms with Gasteiger partial charge in [0, 0.05) is 11.1 Å². The summed E-state index contributed by atoms with van der Waals surface area (Å²) in [7, 11) is 1.84. The maximum Gasteiger partial charge on any atom is 0.131 e. The molecule has 0 heterocycles. The molecule has 0 spiro atoms. The molecule has 2 aromatic rings. The van der Waals surface area contributed by atoms with Crippen molar-refractivity contribution in [1.29, 1.82) is 0 Å². The van der Waals surface area contributed by atoms with Crippen molar-refractivity contribution in [1.82, 2.24) is 5.32 Å². The Morgan fingerprint density at radius 2 is 1.90 bits per heavy atom. The van der Waals surface area contributed by atoms with E-state index in [0.29, 0.717) is 17.7 Å². The fourth-order valence-corrected chi connectivity index (χ4v) is 2.55. The maximum absolute atomic E-state index is 14.5. The Kier molecular flexibility index (Phi) is 4.97. The van der Waals surface area contributed by atoms with Crippen LogP contribution >= 0.6 is 0 Å². The second-order valence-electron chi connectivity index (χ2n) is 5.17. The fraction of sp³-hybridized carbons (Fsp3) is 0.333.